The molecule has 0 fully saturated rings. The molecule has 11 heteroatoms. The number of nitrogens with zero attached hydrogens (tertiary/aromatic N) is 5. The van der Waals surface area contributed by atoms with E-state index in [1.165, 1.54) is 41.5 Å². The summed E-state index contributed by atoms with van der Waals surface area (Å²) in [4.78, 5) is 33.9. The van der Waals surface area contributed by atoms with Crippen LogP contribution in [0.2, 0.25) is 10.0 Å². The minimum atomic E-state index is -0.532. The Bertz CT molecular complexity index is 1570. The first-order valence-corrected chi connectivity index (χ1v) is 10.8. The molecule has 2 N–H and O–H groups in total. The predicted octanol–water partition coefficient (Wildman–Crippen LogP) is 5.06. The Morgan fingerprint density at radius 2 is 2.00 bits per heavy atom. The molecule has 0 radical (unpaired) electrons. The zero-order valence-electron chi connectivity index (χ0n) is 17.2. The summed E-state index contributed by atoms with van der Waals surface area (Å²) in [6.45, 7) is 1.94. The second-order valence-electron chi connectivity index (χ2n) is 7.30. The summed E-state index contributed by atoms with van der Waals surface area (Å²) >= 11 is 12.5. The Labute approximate surface area is 196 Å². The number of aromatic nitrogens is 6. The van der Waals surface area contributed by atoms with Crippen LogP contribution < -0.4 is 10.9 Å². The van der Waals surface area contributed by atoms with Gasteiger partial charge in [-0.05, 0) is 42.8 Å². The smallest absolute Gasteiger partial charge is 0.266 e. The van der Waals surface area contributed by atoms with Crippen molar-refractivity contribution in [3.8, 4) is 5.69 Å². The second-order valence-corrected chi connectivity index (χ2v) is 8.14. The van der Waals surface area contributed by atoms with Gasteiger partial charge < -0.3 is 10.3 Å². The number of hydrogen-bond acceptors (Lipinski definition) is 6. The molecule has 0 spiro atoms. The lowest BCUT2D eigenvalue weighted by Crippen LogP contribution is -2.28. The molecule has 0 saturated carbocycles. The molecule has 166 valence electrons. The van der Waals surface area contributed by atoms with E-state index in [1.54, 1.807) is 12.1 Å². The van der Waals surface area contributed by atoms with Crippen LogP contribution in [-0.4, -0.2) is 29.5 Å². The van der Waals surface area contributed by atoms with Crippen LogP contribution in [0, 0.1) is 5.82 Å². The maximum atomic E-state index is 14.0. The van der Waals surface area contributed by atoms with Gasteiger partial charge in [-0.3, -0.25) is 9.36 Å². The molecule has 0 aliphatic heterocycles. The quantitative estimate of drug-likeness (QED) is 0.362. The van der Waals surface area contributed by atoms with Gasteiger partial charge in [0, 0.05) is 5.02 Å². The third kappa shape index (κ3) is 3.79. The number of fused-ring (bicyclic) bond motifs is 2. The molecule has 0 unspecified atom stereocenters. The first-order chi connectivity index (χ1) is 16.0. The van der Waals surface area contributed by atoms with Crippen LogP contribution in [0.1, 0.15) is 25.2 Å². The van der Waals surface area contributed by atoms with Crippen molar-refractivity contribution in [1.82, 2.24) is 29.5 Å². The van der Waals surface area contributed by atoms with Gasteiger partial charge in [-0.1, -0.05) is 30.1 Å². The van der Waals surface area contributed by atoms with E-state index in [4.69, 9.17) is 28.2 Å². The highest BCUT2D eigenvalue weighted by Crippen LogP contribution is 2.29. The van der Waals surface area contributed by atoms with Crippen molar-refractivity contribution in [3.63, 3.8) is 0 Å². The summed E-state index contributed by atoms with van der Waals surface area (Å²) in [5, 5.41) is 4.15. The number of rotatable bonds is 5. The molecular weight excluding hydrogens is 468 g/mol. The molecule has 0 saturated heterocycles. The van der Waals surface area contributed by atoms with Crippen molar-refractivity contribution in [2.24, 2.45) is 0 Å². The number of anilines is 1. The van der Waals surface area contributed by atoms with Gasteiger partial charge in [-0.25, -0.2) is 24.3 Å². The van der Waals surface area contributed by atoms with Crippen molar-refractivity contribution in [3.05, 3.63) is 81.1 Å². The second kappa shape index (κ2) is 8.42. The summed E-state index contributed by atoms with van der Waals surface area (Å²) in [6, 6.07) is 8.26. The van der Waals surface area contributed by atoms with Crippen LogP contribution in [-0.2, 0) is 0 Å². The zero-order valence-corrected chi connectivity index (χ0v) is 18.7. The van der Waals surface area contributed by atoms with Gasteiger partial charge in [0.2, 0.25) is 0 Å². The van der Waals surface area contributed by atoms with E-state index in [2.05, 4.69) is 25.3 Å². The fraction of sp³-hybridized carbons (Fsp3) is 0.136. The molecule has 0 aliphatic carbocycles. The molecular formula is C22H16Cl2FN7O. The van der Waals surface area contributed by atoms with E-state index in [9.17, 15) is 9.18 Å². The Hall–Kier alpha value is -3.56. The number of benzene rings is 2. The standard InChI is InChI=1S/C22H16Cl2FN7O/c1-2-15(30-20-18-19(27-9-26-18)28-10-29-20)21-31-16-5-4-12(25)8-13(16)22(33)32(21)17-6-3-11(23)7-14(17)24/h3-10,15H,2H2,1H3,(H2,26,27,28,29,30)/t15-/m0/s1. The average molecular weight is 484 g/mol. The van der Waals surface area contributed by atoms with Crippen molar-refractivity contribution in [1.29, 1.82) is 0 Å². The predicted molar refractivity (Wildman–Crippen MR) is 126 cm³/mol. The molecule has 0 bridgehead atoms. The van der Waals surface area contributed by atoms with Crippen LogP contribution in [0.4, 0.5) is 10.2 Å². The SMILES string of the molecule is CC[C@H](Nc1ncnc2nc[nH]c12)c1nc2ccc(F)cc2c(=O)n1-c1ccc(Cl)cc1Cl. The number of imidazole rings is 1. The molecule has 0 aliphatic rings. The highest BCUT2D eigenvalue weighted by molar-refractivity contribution is 6.35. The van der Waals surface area contributed by atoms with Crippen LogP contribution in [0.5, 0.6) is 0 Å². The Kier molecular flexibility index (Phi) is 5.43. The molecule has 3 aromatic heterocycles. The number of halogens is 3. The van der Waals surface area contributed by atoms with E-state index >= 15 is 0 Å². The van der Waals surface area contributed by atoms with Gasteiger partial charge in [0.25, 0.3) is 5.56 Å². The van der Waals surface area contributed by atoms with Gasteiger partial charge in [-0.15, -0.1) is 0 Å². The third-order valence-electron chi connectivity index (χ3n) is 5.26. The molecule has 33 heavy (non-hydrogen) atoms. The van der Waals surface area contributed by atoms with Crippen LogP contribution in [0.3, 0.4) is 0 Å². The van der Waals surface area contributed by atoms with Gasteiger partial charge >= 0.3 is 0 Å². The lowest BCUT2D eigenvalue weighted by atomic mass is 10.1. The Morgan fingerprint density at radius 1 is 1.15 bits per heavy atom. The van der Waals surface area contributed by atoms with Crippen molar-refractivity contribution < 1.29 is 4.39 Å². The van der Waals surface area contributed by atoms with Gasteiger partial charge in [0.15, 0.2) is 11.5 Å². The summed E-state index contributed by atoms with van der Waals surface area (Å²) in [5.74, 6) is 0.361. The summed E-state index contributed by atoms with van der Waals surface area (Å²) in [5.41, 5.74) is 1.43. The molecule has 0 amide bonds. The molecule has 3 heterocycles. The lowest BCUT2D eigenvalue weighted by molar-refractivity contribution is 0.628. The van der Waals surface area contributed by atoms with E-state index in [-0.39, 0.29) is 10.4 Å². The maximum Gasteiger partial charge on any atom is 0.266 e. The fourth-order valence-electron chi connectivity index (χ4n) is 3.69. The van der Waals surface area contributed by atoms with E-state index < -0.39 is 17.4 Å². The van der Waals surface area contributed by atoms with Gasteiger partial charge in [-0.2, -0.15) is 0 Å². The number of aromatic amines is 1. The largest absolute Gasteiger partial charge is 0.358 e. The van der Waals surface area contributed by atoms with E-state index in [0.29, 0.717) is 45.5 Å². The van der Waals surface area contributed by atoms with Crippen LogP contribution in [0.25, 0.3) is 27.8 Å². The first-order valence-electron chi connectivity index (χ1n) is 10.0. The average Bonchev–Trinajstić information content (AvgIpc) is 3.28. The number of hydrogen-bond donors (Lipinski definition) is 2. The Balaban J connectivity index is 1.75. The third-order valence-corrected chi connectivity index (χ3v) is 5.80. The normalized spacial score (nSPS) is 12.4. The molecule has 2 aromatic carbocycles. The topological polar surface area (TPSA) is 101 Å². The molecule has 1 atom stereocenters. The highest BCUT2D eigenvalue weighted by Gasteiger charge is 2.23. The minimum Gasteiger partial charge on any atom is -0.358 e. The first kappa shape index (κ1) is 21.3. The molecule has 8 nitrogen and oxygen atoms in total. The fourth-order valence-corrected chi connectivity index (χ4v) is 4.19. The van der Waals surface area contributed by atoms with Crippen molar-refractivity contribution in [2.75, 3.05) is 5.32 Å². The maximum absolute atomic E-state index is 14.0. The van der Waals surface area contributed by atoms with Crippen LogP contribution in [0.15, 0.2) is 53.8 Å². The van der Waals surface area contributed by atoms with Gasteiger partial charge in [0.1, 0.15) is 23.5 Å². The Morgan fingerprint density at radius 3 is 2.79 bits per heavy atom. The summed E-state index contributed by atoms with van der Waals surface area (Å²) in [7, 11) is 0. The van der Waals surface area contributed by atoms with Crippen molar-refractivity contribution in [2.45, 2.75) is 19.4 Å². The highest BCUT2D eigenvalue weighted by atomic mass is 35.5. The minimum absolute atomic E-state index is 0.137. The van der Waals surface area contributed by atoms with Crippen molar-refractivity contribution >= 4 is 51.1 Å². The summed E-state index contributed by atoms with van der Waals surface area (Å²) < 4.78 is 15.3. The summed E-state index contributed by atoms with van der Waals surface area (Å²) in [6.07, 6.45) is 3.47. The molecule has 5 rings (SSSR count). The molecule has 5 aromatic rings. The van der Waals surface area contributed by atoms with Gasteiger partial charge in [0.05, 0.1) is 34.0 Å². The van der Waals surface area contributed by atoms with Crippen LogP contribution >= 0.6 is 23.2 Å². The lowest BCUT2D eigenvalue weighted by Gasteiger charge is -2.22. The van der Waals surface area contributed by atoms with E-state index in [1.807, 2.05) is 6.92 Å². The van der Waals surface area contributed by atoms with E-state index in [0.717, 1.165) is 0 Å². The zero-order chi connectivity index (χ0) is 23.1. The number of nitrogens with one attached hydrogen (secondary N) is 2. The number of H-pyrrole nitrogens is 1. The monoisotopic (exact) mass is 483 g/mol.